The van der Waals surface area contributed by atoms with Gasteiger partial charge in [-0.15, -0.1) is 0 Å². The maximum absolute atomic E-state index is 11.2. The lowest BCUT2D eigenvalue weighted by Gasteiger charge is -2.17. The predicted molar refractivity (Wildman–Crippen MR) is 77.9 cm³/mol. The number of rotatable bonds is 6. The van der Waals surface area contributed by atoms with E-state index < -0.39 is 4.92 Å². The molecule has 2 atom stereocenters. The molecule has 0 aliphatic carbocycles. The molecule has 1 aromatic rings. The molecule has 0 spiro atoms. The van der Waals surface area contributed by atoms with E-state index >= 15 is 0 Å². The van der Waals surface area contributed by atoms with Crippen LogP contribution in [-0.4, -0.2) is 34.1 Å². The van der Waals surface area contributed by atoms with Crippen LogP contribution in [-0.2, 0) is 4.74 Å². The number of nitrogens with two attached hydrogens (primary N) is 1. The molecule has 0 bridgehead atoms. The highest BCUT2D eigenvalue weighted by molar-refractivity contribution is 5.60. The van der Waals surface area contributed by atoms with E-state index in [2.05, 4.69) is 27.6 Å². The molecule has 1 saturated heterocycles. The summed E-state index contributed by atoms with van der Waals surface area (Å²) in [5.74, 6) is 5.93. The Morgan fingerprint density at radius 1 is 1.52 bits per heavy atom. The molecule has 1 aliphatic rings. The Balaban J connectivity index is 2.18. The Labute approximate surface area is 122 Å². The van der Waals surface area contributed by atoms with Gasteiger partial charge >= 0.3 is 5.69 Å². The van der Waals surface area contributed by atoms with Crippen LogP contribution >= 0.6 is 0 Å². The number of aryl methyl sites for hydroxylation is 1. The van der Waals surface area contributed by atoms with E-state index in [-0.39, 0.29) is 29.3 Å². The maximum atomic E-state index is 11.2. The molecule has 0 saturated carbocycles. The zero-order chi connectivity index (χ0) is 15.4. The van der Waals surface area contributed by atoms with Crippen LogP contribution in [0.2, 0.25) is 0 Å². The Hall–Kier alpha value is -2.00. The fourth-order valence-corrected chi connectivity index (χ4v) is 2.58. The van der Waals surface area contributed by atoms with Gasteiger partial charge in [0.25, 0.3) is 0 Å². The third-order valence-electron chi connectivity index (χ3n) is 3.65. The number of nitrogen functional groups attached to an aromatic ring is 1. The van der Waals surface area contributed by atoms with E-state index in [4.69, 9.17) is 10.6 Å². The van der Waals surface area contributed by atoms with Crippen molar-refractivity contribution in [1.29, 1.82) is 0 Å². The second kappa shape index (κ2) is 6.64. The summed E-state index contributed by atoms with van der Waals surface area (Å²) in [7, 11) is 0. The van der Waals surface area contributed by atoms with E-state index in [1.54, 1.807) is 6.92 Å². The van der Waals surface area contributed by atoms with Crippen molar-refractivity contribution in [3.8, 4) is 0 Å². The van der Waals surface area contributed by atoms with Crippen molar-refractivity contribution in [1.82, 2.24) is 9.97 Å². The van der Waals surface area contributed by atoms with Crippen LogP contribution in [0.4, 0.5) is 17.5 Å². The zero-order valence-corrected chi connectivity index (χ0v) is 12.1. The molecule has 2 unspecified atom stereocenters. The van der Waals surface area contributed by atoms with Crippen molar-refractivity contribution in [3.05, 3.63) is 15.8 Å². The highest BCUT2D eigenvalue weighted by atomic mass is 16.6. The number of aromatic nitrogens is 2. The van der Waals surface area contributed by atoms with E-state index in [9.17, 15) is 10.1 Å². The van der Waals surface area contributed by atoms with Gasteiger partial charge in [-0.25, -0.2) is 10.8 Å². The average Bonchev–Trinajstić information content (AvgIpc) is 2.91. The normalized spacial score (nSPS) is 21.3. The van der Waals surface area contributed by atoms with E-state index in [1.807, 2.05) is 0 Å². The summed E-state index contributed by atoms with van der Waals surface area (Å²) in [5.41, 5.74) is 2.45. The molecule has 4 N–H and O–H groups in total. The standard InChI is InChI=1S/C12H20N6O3/c1-3-9-8(4-5-21-9)6-14-11-10(18(19)20)7(2)15-12(16-11)17-13/h8-9H,3-6,13H2,1-2H3,(H2,14,15,16,17). The van der Waals surface area contributed by atoms with Gasteiger partial charge in [0.15, 0.2) is 0 Å². The molecular formula is C12H20N6O3. The first-order valence-electron chi connectivity index (χ1n) is 6.91. The number of hydrogen-bond donors (Lipinski definition) is 3. The SMILES string of the molecule is CCC1OCCC1CNc1nc(NN)nc(C)c1[N+](=O)[O-]. The molecule has 0 aromatic carbocycles. The summed E-state index contributed by atoms with van der Waals surface area (Å²) in [5, 5.41) is 14.2. The third kappa shape index (κ3) is 3.37. The molecule has 1 fully saturated rings. The smallest absolute Gasteiger partial charge is 0.332 e. The second-order valence-electron chi connectivity index (χ2n) is 4.98. The quantitative estimate of drug-likeness (QED) is 0.406. The van der Waals surface area contributed by atoms with Gasteiger partial charge in [-0.3, -0.25) is 15.5 Å². The van der Waals surface area contributed by atoms with Crippen molar-refractivity contribution in [2.24, 2.45) is 11.8 Å². The molecule has 2 heterocycles. The molecule has 0 amide bonds. The van der Waals surface area contributed by atoms with Crippen molar-refractivity contribution in [2.75, 3.05) is 23.9 Å². The van der Waals surface area contributed by atoms with Crippen LogP contribution in [0.25, 0.3) is 0 Å². The fraction of sp³-hybridized carbons (Fsp3) is 0.667. The van der Waals surface area contributed by atoms with Gasteiger partial charge in [-0.1, -0.05) is 6.92 Å². The molecular weight excluding hydrogens is 276 g/mol. The Morgan fingerprint density at radius 2 is 2.29 bits per heavy atom. The maximum Gasteiger partial charge on any atom is 0.332 e. The van der Waals surface area contributed by atoms with Gasteiger partial charge in [0.1, 0.15) is 5.69 Å². The largest absolute Gasteiger partial charge is 0.378 e. The van der Waals surface area contributed by atoms with Gasteiger partial charge < -0.3 is 10.1 Å². The summed E-state index contributed by atoms with van der Waals surface area (Å²) >= 11 is 0. The first-order chi connectivity index (χ1) is 10.1. The minimum atomic E-state index is -0.486. The monoisotopic (exact) mass is 296 g/mol. The number of hydrazine groups is 1. The van der Waals surface area contributed by atoms with Crippen LogP contribution in [0.1, 0.15) is 25.5 Å². The van der Waals surface area contributed by atoms with Crippen molar-refractivity contribution < 1.29 is 9.66 Å². The Bertz CT molecular complexity index is 524. The highest BCUT2D eigenvalue weighted by Gasteiger charge is 2.28. The minimum Gasteiger partial charge on any atom is -0.378 e. The first kappa shape index (κ1) is 15.4. The lowest BCUT2D eigenvalue weighted by molar-refractivity contribution is -0.385. The van der Waals surface area contributed by atoms with Gasteiger partial charge in [-0.05, 0) is 19.8 Å². The van der Waals surface area contributed by atoms with E-state index in [0.717, 1.165) is 19.4 Å². The van der Waals surface area contributed by atoms with Crippen LogP contribution in [0.15, 0.2) is 0 Å². The number of anilines is 2. The summed E-state index contributed by atoms with van der Waals surface area (Å²) in [6.45, 7) is 4.92. The number of nitrogens with zero attached hydrogens (tertiary/aromatic N) is 3. The van der Waals surface area contributed by atoms with Crippen molar-refractivity contribution in [2.45, 2.75) is 32.8 Å². The number of ether oxygens (including phenoxy) is 1. The molecule has 0 radical (unpaired) electrons. The van der Waals surface area contributed by atoms with Gasteiger partial charge in [0, 0.05) is 19.1 Å². The number of nitro groups is 1. The number of nitrogens with one attached hydrogen (secondary N) is 2. The van der Waals surface area contributed by atoms with Gasteiger partial charge in [-0.2, -0.15) is 4.98 Å². The van der Waals surface area contributed by atoms with Crippen LogP contribution in [0.5, 0.6) is 0 Å². The Kier molecular flexibility index (Phi) is 4.86. The average molecular weight is 296 g/mol. The Morgan fingerprint density at radius 3 is 2.90 bits per heavy atom. The summed E-state index contributed by atoms with van der Waals surface area (Å²) in [6.07, 6.45) is 2.05. The van der Waals surface area contributed by atoms with Crippen LogP contribution < -0.4 is 16.6 Å². The molecule has 1 aliphatic heterocycles. The molecule has 1 aromatic heterocycles. The minimum absolute atomic E-state index is 0.124. The molecule has 9 nitrogen and oxygen atoms in total. The fourth-order valence-electron chi connectivity index (χ4n) is 2.58. The van der Waals surface area contributed by atoms with Gasteiger partial charge in [0.05, 0.1) is 11.0 Å². The van der Waals surface area contributed by atoms with Crippen molar-refractivity contribution >= 4 is 17.5 Å². The third-order valence-corrected chi connectivity index (χ3v) is 3.65. The summed E-state index contributed by atoms with van der Waals surface area (Å²) < 4.78 is 5.61. The molecule has 2 rings (SSSR count). The van der Waals surface area contributed by atoms with Gasteiger partial charge in [0.2, 0.25) is 11.8 Å². The predicted octanol–water partition coefficient (Wildman–Crippen LogP) is 1.21. The summed E-state index contributed by atoms with van der Waals surface area (Å²) in [4.78, 5) is 18.7. The second-order valence-corrected chi connectivity index (χ2v) is 4.98. The van der Waals surface area contributed by atoms with Crippen LogP contribution in [0, 0.1) is 23.0 Å². The van der Waals surface area contributed by atoms with Crippen molar-refractivity contribution in [3.63, 3.8) is 0 Å². The lowest BCUT2D eigenvalue weighted by atomic mass is 10.00. The highest BCUT2D eigenvalue weighted by Crippen LogP contribution is 2.28. The lowest BCUT2D eigenvalue weighted by Crippen LogP contribution is -2.24. The zero-order valence-electron chi connectivity index (χ0n) is 12.1. The topological polar surface area (TPSA) is 128 Å². The van der Waals surface area contributed by atoms with E-state index in [1.165, 1.54) is 0 Å². The molecule has 21 heavy (non-hydrogen) atoms. The first-order valence-corrected chi connectivity index (χ1v) is 6.91. The van der Waals surface area contributed by atoms with E-state index in [0.29, 0.717) is 12.5 Å². The molecule has 9 heteroatoms. The number of hydrogen-bond acceptors (Lipinski definition) is 8. The summed E-state index contributed by atoms with van der Waals surface area (Å²) in [6, 6.07) is 0. The van der Waals surface area contributed by atoms with Crippen LogP contribution in [0.3, 0.4) is 0 Å². The molecule has 116 valence electrons.